The number of rotatable bonds is 13. The first-order valence-corrected chi connectivity index (χ1v) is 12.8. The molecule has 1 aliphatic rings. The van der Waals surface area contributed by atoms with Crippen molar-refractivity contribution in [1.82, 2.24) is 10.8 Å². The lowest BCUT2D eigenvalue weighted by Gasteiger charge is -2.25. The summed E-state index contributed by atoms with van der Waals surface area (Å²) in [6.07, 6.45) is -3.09. The first-order valence-electron chi connectivity index (χ1n) is 12.8. The number of ether oxygens (including phenoxy) is 3. The molecule has 40 heavy (non-hydrogen) atoms. The van der Waals surface area contributed by atoms with Crippen LogP contribution in [-0.2, 0) is 35.2 Å². The number of hydrogen-bond acceptors (Lipinski definition) is 7. The van der Waals surface area contributed by atoms with Crippen molar-refractivity contribution in [3.8, 4) is 11.1 Å². The van der Waals surface area contributed by atoms with Crippen LogP contribution in [-0.4, -0.2) is 61.6 Å². The molecule has 10 heteroatoms. The topological polar surface area (TPSA) is 132 Å². The Labute approximate surface area is 232 Å². The third kappa shape index (κ3) is 7.03. The van der Waals surface area contributed by atoms with E-state index in [2.05, 4.69) is 10.8 Å². The lowest BCUT2D eigenvalue weighted by atomic mass is 9.98. The number of fused-ring (bicyclic) bond motifs is 3. The highest BCUT2D eigenvalue weighted by Gasteiger charge is 2.32. The van der Waals surface area contributed by atoms with Gasteiger partial charge in [-0.25, -0.2) is 15.1 Å². The van der Waals surface area contributed by atoms with Crippen LogP contribution in [0, 0.1) is 0 Å². The van der Waals surface area contributed by atoms with Gasteiger partial charge in [0.2, 0.25) is 6.10 Å². The van der Waals surface area contributed by atoms with E-state index < -0.39 is 36.2 Å². The molecule has 3 unspecified atom stereocenters. The molecule has 0 fully saturated rings. The lowest BCUT2D eigenvalue weighted by molar-refractivity contribution is -0.166. The van der Waals surface area contributed by atoms with Crippen molar-refractivity contribution in [2.75, 3.05) is 20.3 Å². The van der Waals surface area contributed by atoms with Crippen molar-refractivity contribution in [2.45, 2.75) is 37.7 Å². The predicted octanol–water partition coefficient (Wildman–Crippen LogP) is 3.65. The Morgan fingerprint density at radius 2 is 1.50 bits per heavy atom. The number of methoxy groups -OCH3 is 1. The van der Waals surface area contributed by atoms with Gasteiger partial charge in [-0.1, -0.05) is 78.9 Å². The predicted molar refractivity (Wildman–Crippen MR) is 145 cm³/mol. The van der Waals surface area contributed by atoms with Crippen LogP contribution >= 0.6 is 0 Å². The molecular formula is C30H32N2O8. The monoisotopic (exact) mass is 548 g/mol. The van der Waals surface area contributed by atoms with E-state index in [-0.39, 0.29) is 25.7 Å². The SMILES string of the molecule is COCC(ONC(=O)C(NC(=O)OCC1c2ccccc2-c2ccccc21)C(C)OCc1ccccc1)C(=O)O. The second-order valence-electron chi connectivity index (χ2n) is 9.32. The van der Waals surface area contributed by atoms with Crippen LogP contribution in [0.2, 0.25) is 0 Å². The molecule has 0 radical (unpaired) electrons. The van der Waals surface area contributed by atoms with Gasteiger partial charge >= 0.3 is 12.1 Å². The summed E-state index contributed by atoms with van der Waals surface area (Å²) in [4.78, 5) is 42.4. The minimum atomic E-state index is -1.44. The van der Waals surface area contributed by atoms with Crippen LogP contribution in [0.1, 0.15) is 29.5 Å². The van der Waals surface area contributed by atoms with Crippen LogP contribution in [0.5, 0.6) is 0 Å². The molecule has 3 N–H and O–H groups in total. The lowest BCUT2D eigenvalue weighted by Crippen LogP contribution is -2.54. The van der Waals surface area contributed by atoms with Crippen LogP contribution in [0.3, 0.4) is 0 Å². The Balaban J connectivity index is 1.43. The summed E-state index contributed by atoms with van der Waals surface area (Å²) in [5, 5.41) is 11.8. The number of alkyl carbamates (subject to hydrolysis) is 1. The van der Waals surface area contributed by atoms with Crippen molar-refractivity contribution < 1.29 is 38.5 Å². The molecule has 3 aromatic carbocycles. The number of carboxylic acid groups (broad SMARTS) is 1. The average molecular weight is 549 g/mol. The average Bonchev–Trinajstić information content (AvgIpc) is 3.29. The standard InChI is InChI=1S/C30H32N2O8/c1-19(38-16-20-10-4-3-5-11-20)27(28(33)32-40-26(18-37-2)29(34)35)31-30(36)39-17-25-23-14-8-6-12-21(23)22-13-7-9-15-24(22)25/h3-15,19,25-27H,16-18H2,1-2H3,(H,31,36)(H,32,33)(H,34,35). The number of benzene rings is 3. The molecule has 4 rings (SSSR count). The Morgan fingerprint density at radius 3 is 2.10 bits per heavy atom. The molecule has 0 bridgehead atoms. The maximum atomic E-state index is 13.0. The van der Waals surface area contributed by atoms with E-state index in [0.717, 1.165) is 27.8 Å². The Kier molecular flexibility index (Phi) is 9.85. The van der Waals surface area contributed by atoms with E-state index in [1.165, 1.54) is 7.11 Å². The number of amides is 2. The van der Waals surface area contributed by atoms with Crippen molar-refractivity contribution in [1.29, 1.82) is 0 Å². The molecule has 0 aliphatic heterocycles. The molecule has 0 spiro atoms. The molecule has 0 saturated carbocycles. The number of nitrogens with one attached hydrogen (secondary N) is 2. The maximum absolute atomic E-state index is 13.0. The fraction of sp³-hybridized carbons (Fsp3) is 0.300. The maximum Gasteiger partial charge on any atom is 0.407 e. The second-order valence-corrected chi connectivity index (χ2v) is 9.32. The third-order valence-corrected chi connectivity index (χ3v) is 6.62. The zero-order valence-electron chi connectivity index (χ0n) is 22.2. The summed E-state index contributed by atoms with van der Waals surface area (Å²) in [5.41, 5.74) is 7.27. The molecule has 0 aromatic heterocycles. The number of hydroxylamine groups is 1. The van der Waals surface area contributed by atoms with Crippen LogP contribution in [0.15, 0.2) is 78.9 Å². The van der Waals surface area contributed by atoms with Gasteiger partial charge in [0.15, 0.2) is 0 Å². The van der Waals surface area contributed by atoms with E-state index in [0.29, 0.717) is 0 Å². The van der Waals surface area contributed by atoms with Crippen molar-refractivity contribution >= 4 is 18.0 Å². The van der Waals surface area contributed by atoms with E-state index in [9.17, 15) is 19.5 Å². The summed E-state index contributed by atoms with van der Waals surface area (Å²) in [5.74, 6) is -2.29. The Morgan fingerprint density at radius 1 is 0.900 bits per heavy atom. The van der Waals surface area contributed by atoms with Crippen molar-refractivity contribution in [2.24, 2.45) is 0 Å². The molecule has 2 amide bonds. The van der Waals surface area contributed by atoms with Gasteiger partial charge in [-0.15, -0.1) is 0 Å². The highest BCUT2D eigenvalue weighted by Crippen LogP contribution is 2.44. The summed E-state index contributed by atoms with van der Waals surface area (Å²) >= 11 is 0. The van der Waals surface area contributed by atoms with E-state index in [1.807, 2.05) is 78.9 Å². The smallest absolute Gasteiger partial charge is 0.407 e. The zero-order valence-corrected chi connectivity index (χ0v) is 22.2. The van der Waals surface area contributed by atoms with Crippen LogP contribution in [0.4, 0.5) is 4.79 Å². The van der Waals surface area contributed by atoms with Gasteiger partial charge < -0.3 is 24.6 Å². The van der Waals surface area contributed by atoms with Crippen molar-refractivity contribution in [3.63, 3.8) is 0 Å². The zero-order chi connectivity index (χ0) is 28.5. The Bertz CT molecular complexity index is 1270. The Hall–Kier alpha value is -4.25. The summed E-state index contributed by atoms with van der Waals surface area (Å²) in [6.45, 7) is 1.56. The van der Waals surface area contributed by atoms with Gasteiger partial charge in [0.25, 0.3) is 5.91 Å². The molecule has 0 heterocycles. The number of carbonyl (C=O) groups excluding carboxylic acids is 2. The van der Waals surface area contributed by atoms with Gasteiger partial charge in [-0.05, 0) is 34.7 Å². The van der Waals surface area contributed by atoms with Gasteiger partial charge in [-0.3, -0.25) is 9.63 Å². The summed E-state index contributed by atoms with van der Waals surface area (Å²) in [6, 6.07) is 24.0. The summed E-state index contributed by atoms with van der Waals surface area (Å²) in [7, 11) is 1.31. The number of aliphatic carboxylic acids is 1. The molecule has 210 valence electrons. The highest BCUT2D eigenvalue weighted by atomic mass is 16.7. The molecule has 1 aliphatic carbocycles. The molecule has 3 atom stereocenters. The van der Waals surface area contributed by atoms with Gasteiger partial charge in [0.05, 0.1) is 19.3 Å². The van der Waals surface area contributed by atoms with Gasteiger partial charge in [0.1, 0.15) is 12.6 Å². The molecule has 10 nitrogen and oxygen atoms in total. The first kappa shape index (κ1) is 28.8. The third-order valence-electron chi connectivity index (χ3n) is 6.62. The fourth-order valence-corrected chi connectivity index (χ4v) is 4.56. The first-order chi connectivity index (χ1) is 19.4. The van der Waals surface area contributed by atoms with E-state index in [4.69, 9.17) is 19.0 Å². The van der Waals surface area contributed by atoms with Gasteiger partial charge in [0, 0.05) is 13.0 Å². The quantitative estimate of drug-likeness (QED) is 0.276. The number of hydrogen-bond donors (Lipinski definition) is 3. The number of carboxylic acids is 1. The molecular weight excluding hydrogens is 516 g/mol. The minimum Gasteiger partial charge on any atom is -0.479 e. The minimum absolute atomic E-state index is 0.0544. The largest absolute Gasteiger partial charge is 0.479 e. The number of carbonyl (C=O) groups is 3. The fourth-order valence-electron chi connectivity index (χ4n) is 4.56. The van der Waals surface area contributed by atoms with E-state index >= 15 is 0 Å². The van der Waals surface area contributed by atoms with E-state index in [1.54, 1.807) is 6.92 Å². The van der Waals surface area contributed by atoms with Crippen LogP contribution < -0.4 is 10.8 Å². The van der Waals surface area contributed by atoms with Crippen LogP contribution in [0.25, 0.3) is 11.1 Å². The van der Waals surface area contributed by atoms with Crippen molar-refractivity contribution in [3.05, 3.63) is 95.6 Å². The second kappa shape index (κ2) is 13.7. The molecule has 0 saturated heterocycles. The highest BCUT2D eigenvalue weighted by molar-refractivity contribution is 5.86. The van der Waals surface area contributed by atoms with Gasteiger partial charge in [-0.2, -0.15) is 0 Å². The summed E-state index contributed by atoms with van der Waals surface area (Å²) < 4.78 is 16.3. The normalized spacial score (nSPS) is 14.3. The molecule has 3 aromatic rings.